The summed E-state index contributed by atoms with van der Waals surface area (Å²) in [5, 5.41) is 12.6. The van der Waals surface area contributed by atoms with Crippen LogP contribution in [-0.4, -0.2) is 21.7 Å². The molecule has 2 unspecified atom stereocenters. The number of carboxylic acids is 1. The molecule has 0 amide bonds. The Morgan fingerprint density at radius 3 is 2.41 bits per heavy atom. The highest BCUT2D eigenvalue weighted by Gasteiger charge is 2.29. The minimum atomic E-state index is -1.27. The number of rotatable bonds is 7. The van der Waals surface area contributed by atoms with Gasteiger partial charge >= 0.3 is 5.97 Å². The third-order valence-corrected chi connectivity index (χ3v) is 4.45. The first kappa shape index (κ1) is 18.9. The Labute approximate surface area is 158 Å². The van der Waals surface area contributed by atoms with E-state index in [2.05, 4.69) is 17.2 Å². The van der Waals surface area contributed by atoms with Gasteiger partial charge in [0.1, 0.15) is 11.3 Å². The van der Waals surface area contributed by atoms with Crippen LogP contribution in [0.3, 0.4) is 0 Å². The summed E-state index contributed by atoms with van der Waals surface area (Å²) < 4.78 is 11.4. The van der Waals surface area contributed by atoms with Crippen molar-refractivity contribution in [3.63, 3.8) is 0 Å². The van der Waals surface area contributed by atoms with Crippen LogP contribution in [0, 0.1) is 0 Å². The summed E-state index contributed by atoms with van der Waals surface area (Å²) in [6.45, 7) is 7.11. The monoisotopic (exact) mass is 368 g/mol. The highest BCUT2D eigenvalue weighted by molar-refractivity contribution is 5.76. The molecule has 0 aliphatic rings. The van der Waals surface area contributed by atoms with Gasteiger partial charge in [0.15, 0.2) is 11.2 Å². The molecule has 0 aliphatic heterocycles. The second kappa shape index (κ2) is 7.40. The maximum Gasteiger partial charge on any atom is 0.347 e. The van der Waals surface area contributed by atoms with E-state index in [0.29, 0.717) is 11.6 Å². The molecule has 2 aromatic carbocycles. The van der Waals surface area contributed by atoms with Crippen molar-refractivity contribution >= 4 is 17.1 Å². The van der Waals surface area contributed by atoms with E-state index in [9.17, 15) is 4.79 Å². The summed E-state index contributed by atoms with van der Waals surface area (Å²) in [6.07, 6.45) is 0. The standard InChI is InChI=1S/C21H24N2O4/c1-13(15-9-11-16(12-10-15)27-21(3,4)20(24)25)22-14(2)19-23-17-7-5-6-8-18(17)26-19/h5-14,22H,1-4H3,(H,24,25). The van der Waals surface area contributed by atoms with Crippen LogP contribution in [-0.2, 0) is 4.79 Å². The van der Waals surface area contributed by atoms with Gasteiger partial charge in [0.05, 0.1) is 6.04 Å². The minimum absolute atomic E-state index is 0.0524. The highest BCUT2D eigenvalue weighted by Crippen LogP contribution is 2.25. The number of aliphatic carboxylic acids is 1. The van der Waals surface area contributed by atoms with E-state index in [4.69, 9.17) is 14.3 Å². The summed E-state index contributed by atoms with van der Waals surface area (Å²) in [5.74, 6) is 0.158. The number of benzene rings is 2. The molecule has 0 spiro atoms. The van der Waals surface area contributed by atoms with E-state index >= 15 is 0 Å². The van der Waals surface area contributed by atoms with Crippen molar-refractivity contribution in [3.8, 4) is 5.75 Å². The number of aromatic nitrogens is 1. The predicted octanol–water partition coefficient (Wildman–Crippen LogP) is 4.48. The van der Waals surface area contributed by atoms with E-state index in [1.165, 1.54) is 13.8 Å². The Balaban J connectivity index is 1.66. The van der Waals surface area contributed by atoms with Gasteiger partial charge in [-0.3, -0.25) is 5.32 Å². The van der Waals surface area contributed by atoms with Gasteiger partial charge in [0.25, 0.3) is 0 Å². The van der Waals surface area contributed by atoms with E-state index < -0.39 is 11.6 Å². The van der Waals surface area contributed by atoms with E-state index in [-0.39, 0.29) is 12.1 Å². The molecule has 0 saturated heterocycles. The zero-order chi connectivity index (χ0) is 19.6. The number of nitrogens with one attached hydrogen (secondary N) is 1. The lowest BCUT2D eigenvalue weighted by Crippen LogP contribution is -2.37. The molecule has 2 atom stereocenters. The van der Waals surface area contributed by atoms with Crippen molar-refractivity contribution in [2.45, 2.75) is 45.4 Å². The topological polar surface area (TPSA) is 84.6 Å². The van der Waals surface area contributed by atoms with E-state index in [0.717, 1.165) is 16.7 Å². The zero-order valence-corrected chi connectivity index (χ0v) is 15.9. The molecular formula is C21H24N2O4. The van der Waals surface area contributed by atoms with Gasteiger partial charge < -0.3 is 14.3 Å². The van der Waals surface area contributed by atoms with Crippen LogP contribution in [0.1, 0.15) is 51.2 Å². The normalized spacial score (nSPS) is 14.1. The van der Waals surface area contributed by atoms with Gasteiger partial charge in [-0.1, -0.05) is 24.3 Å². The van der Waals surface area contributed by atoms with Gasteiger partial charge in [0.2, 0.25) is 5.89 Å². The van der Waals surface area contributed by atoms with Crippen molar-refractivity contribution in [3.05, 3.63) is 60.0 Å². The number of para-hydroxylation sites is 2. The number of ether oxygens (including phenoxy) is 1. The van der Waals surface area contributed by atoms with Crippen molar-refractivity contribution in [2.75, 3.05) is 0 Å². The fourth-order valence-corrected chi connectivity index (χ4v) is 2.78. The Morgan fingerprint density at radius 2 is 1.78 bits per heavy atom. The molecule has 0 aliphatic carbocycles. The third kappa shape index (κ3) is 4.28. The maximum atomic E-state index is 11.2. The highest BCUT2D eigenvalue weighted by atomic mass is 16.5. The molecule has 6 heteroatoms. The smallest absolute Gasteiger partial charge is 0.347 e. The Bertz CT molecular complexity index is 898. The van der Waals surface area contributed by atoms with E-state index in [1.54, 1.807) is 12.1 Å². The number of carbonyl (C=O) groups is 1. The van der Waals surface area contributed by atoms with Crippen LogP contribution in [0.2, 0.25) is 0 Å². The first-order valence-electron chi connectivity index (χ1n) is 8.90. The maximum absolute atomic E-state index is 11.2. The molecule has 1 aromatic heterocycles. The van der Waals surface area contributed by atoms with Crippen LogP contribution in [0.25, 0.3) is 11.1 Å². The van der Waals surface area contributed by atoms with E-state index in [1.807, 2.05) is 43.3 Å². The second-order valence-corrected chi connectivity index (χ2v) is 7.12. The lowest BCUT2D eigenvalue weighted by Gasteiger charge is -2.22. The second-order valence-electron chi connectivity index (χ2n) is 7.12. The summed E-state index contributed by atoms with van der Waals surface area (Å²) in [5.41, 5.74) is 1.40. The molecule has 3 rings (SSSR count). The number of oxazole rings is 1. The van der Waals surface area contributed by atoms with Crippen LogP contribution in [0.15, 0.2) is 52.9 Å². The van der Waals surface area contributed by atoms with Crippen LogP contribution in [0.5, 0.6) is 5.75 Å². The van der Waals surface area contributed by atoms with Gasteiger partial charge in [-0.05, 0) is 57.5 Å². The lowest BCUT2D eigenvalue weighted by molar-refractivity contribution is -0.152. The molecule has 0 bridgehead atoms. The average molecular weight is 368 g/mol. The first-order chi connectivity index (χ1) is 12.8. The van der Waals surface area contributed by atoms with Gasteiger partial charge in [0, 0.05) is 6.04 Å². The molecule has 3 aromatic rings. The van der Waals surface area contributed by atoms with Crippen molar-refractivity contribution < 1.29 is 19.1 Å². The number of carboxylic acid groups (broad SMARTS) is 1. The van der Waals surface area contributed by atoms with Gasteiger partial charge in [-0.25, -0.2) is 9.78 Å². The number of hydrogen-bond acceptors (Lipinski definition) is 5. The van der Waals surface area contributed by atoms with Gasteiger partial charge in [-0.2, -0.15) is 0 Å². The Hall–Kier alpha value is -2.86. The molecule has 0 fully saturated rings. The third-order valence-electron chi connectivity index (χ3n) is 4.45. The molecule has 2 N–H and O–H groups in total. The molecule has 6 nitrogen and oxygen atoms in total. The summed E-state index contributed by atoms with van der Waals surface area (Å²) in [7, 11) is 0. The quantitative estimate of drug-likeness (QED) is 0.639. The van der Waals surface area contributed by atoms with Crippen molar-refractivity contribution in [1.29, 1.82) is 0 Å². The number of hydrogen-bond donors (Lipinski definition) is 2. The number of nitrogens with zero attached hydrogens (tertiary/aromatic N) is 1. The SMILES string of the molecule is CC(NC(C)c1nc2ccccc2o1)c1ccc(OC(C)(C)C(=O)O)cc1. The zero-order valence-electron chi connectivity index (χ0n) is 15.9. The fourth-order valence-electron chi connectivity index (χ4n) is 2.78. The molecule has 1 heterocycles. The van der Waals surface area contributed by atoms with Crippen LogP contribution in [0.4, 0.5) is 0 Å². The van der Waals surface area contributed by atoms with Crippen molar-refractivity contribution in [1.82, 2.24) is 10.3 Å². The van der Waals surface area contributed by atoms with Crippen LogP contribution >= 0.6 is 0 Å². The Kier molecular flexibility index (Phi) is 5.19. The van der Waals surface area contributed by atoms with Crippen molar-refractivity contribution in [2.24, 2.45) is 0 Å². The molecular weight excluding hydrogens is 344 g/mol. The Morgan fingerprint density at radius 1 is 1.11 bits per heavy atom. The first-order valence-corrected chi connectivity index (χ1v) is 8.90. The predicted molar refractivity (Wildman–Crippen MR) is 103 cm³/mol. The molecule has 0 saturated carbocycles. The largest absolute Gasteiger partial charge is 0.478 e. The lowest BCUT2D eigenvalue weighted by atomic mass is 10.1. The average Bonchev–Trinajstić information content (AvgIpc) is 3.06. The molecule has 27 heavy (non-hydrogen) atoms. The molecule has 142 valence electrons. The molecule has 0 radical (unpaired) electrons. The minimum Gasteiger partial charge on any atom is -0.478 e. The fraction of sp³-hybridized carbons (Fsp3) is 0.333. The van der Waals surface area contributed by atoms with Gasteiger partial charge in [-0.15, -0.1) is 0 Å². The summed E-state index contributed by atoms with van der Waals surface area (Å²) >= 11 is 0. The van der Waals surface area contributed by atoms with Crippen LogP contribution < -0.4 is 10.1 Å². The summed E-state index contributed by atoms with van der Waals surface area (Å²) in [4.78, 5) is 15.7. The summed E-state index contributed by atoms with van der Waals surface area (Å²) in [6, 6.07) is 15.1. The number of fused-ring (bicyclic) bond motifs is 1.